The Morgan fingerprint density at radius 2 is 1.75 bits per heavy atom. The van der Waals surface area contributed by atoms with Gasteiger partial charge in [0.2, 0.25) is 5.91 Å². The highest BCUT2D eigenvalue weighted by atomic mass is 16.1. The zero-order valence-corrected chi connectivity index (χ0v) is 12.8. The number of hydrogen-bond acceptors (Lipinski definition) is 4. The van der Waals surface area contributed by atoms with Gasteiger partial charge in [-0.15, -0.1) is 0 Å². The van der Waals surface area contributed by atoms with Crippen molar-refractivity contribution in [2.24, 2.45) is 17.4 Å². The smallest absolute Gasteiger partial charge is 0.237 e. The highest BCUT2D eigenvalue weighted by molar-refractivity contribution is 5.83. The second-order valence-corrected chi connectivity index (χ2v) is 6.82. The third-order valence-electron chi connectivity index (χ3n) is 4.93. The van der Waals surface area contributed by atoms with E-state index >= 15 is 0 Å². The standard InChI is InChI=1S/C15H30N4O/c1-15(17,14(16)20)6-11-18-9-4-13(5-10-18)12-19-7-2-3-8-19/h13H,2-12,17H2,1H3,(H2,16,20). The summed E-state index contributed by atoms with van der Waals surface area (Å²) >= 11 is 0. The fourth-order valence-corrected chi connectivity index (χ4v) is 3.24. The SMILES string of the molecule is CC(N)(CCN1CCC(CN2CCCC2)CC1)C(N)=O. The van der Waals surface area contributed by atoms with Gasteiger partial charge in [-0.1, -0.05) is 0 Å². The first kappa shape index (κ1) is 15.7. The molecule has 0 radical (unpaired) electrons. The van der Waals surface area contributed by atoms with E-state index < -0.39 is 11.4 Å². The maximum absolute atomic E-state index is 11.2. The summed E-state index contributed by atoms with van der Waals surface area (Å²) in [6.45, 7) is 8.75. The van der Waals surface area contributed by atoms with Crippen molar-refractivity contribution < 1.29 is 4.79 Å². The lowest BCUT2D eigenvalue weighted by molar-refractivity contribution is -0.122. The minimum Gasteiger partial charge on any atom is -0.368 e. The molecule has 0 spiro atoms. The largest absolute Gasteiger partial charge is 0.368 e. The third-order valence-corrected chi connectivity index (χ3v) is 4.93. The number of rotatable bonds is 6. The van der Waals surface area contributed by atoms with Gasteiger partial charge in [0.05, 0.1) is 5.54 Å². The van der Waals surface area contributed by atoms with Gasteiger partial charge in [0.25, 0.3) is 0 Å². The Hall–Kier alpha value is -0.650. The molecule has 2 aliphatic heterocycles. The van der Waals surface area contributed by atoms with Crippen LogP contribution in [0.5, 0.6) is 0 Å². The van der Waals surface area contributed by atoms with Crippen molar-refractivity contribution in [1.82, 2.24) is 9.80 Å². The van der Waals surface area contributed by atoms with Gasteiger partial charge in [0.15, 0.2) is 0 Å². The summed E-state index contributed by atoms with van der Waals surface area (Å²) in [5, 5.41) is 0. The van der Waals surface area contributed by atoms with Crippen LogP contribution < -0.4 is 11.5 Å². The molecule has 0 aromatic heterocycles. The highest BCUT2D eigenvalue weighted by Crippen LogP contribution is 2.21. The molecule has 0 bridgehead atoms. The van der Waals surface area contributed by atoms with Gasteiger partial charge in [0, 0.05) is 13.1 Å². The molecule has 1 amide bonds. The molecule has 2 aliphatic rings. The quantitative estimate of drug-likeness (QED) is 0.739. The fourth-order valence-electron chi connectivity index (χ4n) is 3.24. The van der Waals surface area contributed by atoms with Crippen molar-refractivity contribution >= 4 is 5.91 Å². The van der Waals surface area contributed by atoms with E-state index in [0.29, 0.717) is 6.42 Å². The average Bonchev–Trinajstić information content (AvgIpc) is 2.91. The lowest BCUT2D eigenvalue weighted by atomic mass is 9.94. The Kier molecular flexibility index (Phi) is 5.41. The number of likely N-dealkylation sites (tertiary alicyclic amines) is 2. The van der Waals surface area contributed by atoms with E-state index in [1.807, 2.05) is 0 Å². The van der Waals surface area contributed by atoms with Gasteiger partial charge in [-0.2, -0.15) is 0 Å². The normalized spacial score (nSPS) is 25.7. The van der Waals surface area contributed by atoms with Crippen molar-refractivity contribution in [2.75, 3.05) is 39.3 Å². The zero-order valence-electron chi connectivity index (χ0n) is 12.8. The molecule has 5 nitrogen and oxygen atoms in total. The summed E-state index contributed by atoms with van der Waals surface area (Å²) in [7, 11) is 0. The van der Waals surface area contributed by atoms with E-state index in [9.17, 15) is 4.79 Å². The molecule has 0 aromatic rings. The average molecular weight is 282 g/mol. The van der Waals surface area contributed by atoms with Crippen LogP contribution in [0.4, 0.5) is 0 Å². The summed E-state index contributed by atoms with van der Waals surface area (Å²) in [4.78, 5) is 16.3. The third kappa shape index (κ3) is 4.43. The topological polar surface area (TPSA) is 75.6 Å². The van der Waals surface area contributed by atoms with E-state index in [1.54, 1.807) is 6.92 Å². The van der Waals surface area contributed by atoms with E-state index in [0.717, 1.165) is 25.6 Å². The first-order valence-electron chi connectivity index (χ1n) is 8.01. The number of carbonyl (C=O) groups excluding carboxylic acids is 1. The Bertz CT molecular complexity index is 318. The van der Waals surface area contributed by atoms with Crippen molar-refractivity contribution in [1.29, 1.82) is 0 Å². The summed E-state index contributed by atoms with van der Waals surface area (Å²) in [6, 6.07) is 0. The predicted octanol–water partition coefficient (Wildman–Crippen LogP) is 0.387. The van der Waals surface area contributed by atoms with Crippen LogP contribution >= 0.6 is 0 Å². The molecule has 20 heavy (non-hydrogen) atoms. The van der Waals surface area contributed by atoms with E-state index in [-0.39, 0.29) is 0 Å². The van der Waals surface area contributed by atoms with E-state index in [4.69, 9.17) is 11.5 Å². The maximum atomic E-state index is 11.2. The Morgan fingerprint density at radius 1 is 1.15 bits per heavy atom. The van der Waals surface area contributed by atoms with Gasteiger partial charge in [0.1, 0.15) is 0 Å². The highest BCUT2D eigenvalue weighted by Gasteiger charge is 2.28. The number of hydrogen-bond donors (Lipinski definition) is 2. The Labute approximate surface area is 122 Å². The molecule has 1 atom stereocenters. The lowest BCUT2D eigenvalue weighted by Gasteiger charge is -2.35. The van der Waals surface area contributed by atoms with Crippen LogP contribution in [-0.2, 0) is 4.79 Å². The van der Waals surface area contributed by atoms with Crippen LogP contribution in [0.25, 0.3) is 0 Å². The molecule has 2 saturated heterocycles. The number of carbonyl (C=O) groups is 1. The maximum Gasteiger partial charge on any atom is 0.237 e. The fraction of sp³-hybridized carbons (Fsp3) is 0.933. The molecule has 0 saturated carbocycles. The van der Waals surface area contributed by atoms with Gasteiger partial charge in [-0.05, 0) is 71.1 Å². The first-order chi connectivity index (χ1) is 9.47. The van der Waals surface area contributed by atoms with Crippen LogP contribution in [0, 0.1) is 5.92 Å². The van der Waals surface area contributed by atoms with Crippen LogP contribution in [0.3, 0.4) is 0 Å². The number of primary amides is 1. The van der Waals surface area contributed by atoms with Crippen molar-refractivity contribution in [2.45, 2.75) is 44.6 Å². The molecule has 5 heteroatoms. The van der Waals surface area contributed by atoms with Crippen molar-refractivity contribution in [3.63, 3.8) is 0 Å². The number of nitrogens with zero attached hydrogens (tertiary/aromatic N) is 2. The van der Waals surface area contributed by atoms with Gasteiger partial charge >= 0.3 is 0 Å². The van der Waals surface area contributed by atoms with Crippen LogP contribution in [0.1, 0.15) is 39.0 Å². The van der Waals surface area contributed by atoms with E-state index in [1.165, 1.54) is 45.3 Å². The minimum absolute atomic E-state index is 0.401. The molecule has 0 aliphatic carbocycles. The Balaban J connectivity index is 1.65. The predicted molar refractivity (Wildman–Crippen MR) is 81.2 cm³/mol. The molecule has 0 aromatic carbocycles. The van der Waals surface area contributed by atoms with Crippen LogP contribution in [-0.4, -0.2) is 60.5 Å². The van der Waals surface area contributed by atoms with Crippen molar-refractivity contribution in [3.8, 4) is 0 Å². The van der Waals surface area contributed by atoms with Crippen LogP contribution in [0.15, 0.2) is 0 Å². The molecular formula is C15H30N4O. The van der Waals surface area contributed by atoms with Crippen molar-refractivity contribution in [3.05, 3.63) is 0 Å². The number of amides is 1. The molecular weight excluding hydrogens is 252 g/mol. The first-order valence-corrected chi connectivity index (χ1v) is 8.01. The molecule has 2 fully saturated rings. The second-order valence-electron chi connectivity index (χ2n) is 6.82. The molecule has 116 valence electrons. The summed E-state index contributed by atoms with van der Waals surface area (Å²) < 4.78 is 0. The van der Waals surface area contributed by atoms with Gasteiger partial charge < -0.3 is 21.3 Å². The number of piperidine rings is 1. The molecule has 2 rings (SSSR count). The lowest BCUT2D eigenvalue weighted by Crippen LogP contribution is -2.51. The van der Waals surface area contributed by atoms with Gasteiger partial charge in [-0.3, -0.25) is 4.79 Å². The second kappa shape index (κ2) is 6.87. The van der Waals surface area contributed by atoms with Crippen LogP contribution in [0.2, 0.25) is 0 Å². The van der Waals surface area contributed by atoms with E-state index in [2.05, 4.69) is 9.80 Å². The van der Waals surface area contributed by atoms with Gasteiger partial charge in [-0.25, -0.2) is 0 Å². The minimum atomic E-state index is -0.869. The molecule has 1 unspecified atom stereocenters. The summed E-state index contributed by atoms with van der Waals surface area (Å²) in [5.74, 6) is 0.450. The monoisotopic (exact) mass is 282 g/mol. The molecule has 4 N–H and O–H groups in total. The Morgan fingerprint density at radius 3 is 2.30 bits per heavy atom. The molecule has 2 heterocycles. The zero-order chi connectivity index (χ0) is 14.6. The summed E-state index contributed by atoms with van der Waals surface area (Å²) in [5.41, 5.74) is 10.3. The summed E-state index contributed by atoms with van der Waals surface area (Å²) in [6.07, 6.45) is 5.95. The number of nitrogens with two attached hydrogens (primary N) is 2.